The Balaban J connectivity index is 1.46. The Bertz CT molecular complexity index is 1290. The molecule has 0 atom stereocenters. The fourth-order valence-corrected chi connectivity index (χ4v) is 4.28. The average Bonchev–Trinajstić information content (AvgIpc) is 3.16. The highest BCUT2D eigenvalue weighted by atomic mass is 35.5. The summed E-state index contributed by atoms with van der Waals surface area (Å²) in [5.41, 5.74) is 7.14. The second-order valence-electron chi connectivity index (χ2n) is 7.10. The number of hydrazone groups is 1. The maximum atomic E-state index is 12.4. The van der Waals surface area contributed by atoms with Crippen LogP contribution in [0.1, 0.15) is 18.1 Å². The van der Waals surface area contributed by atoms with E-state index < -0.39 is 0 Å². The molecule has 4 rings (SSSR count). The molecular formula is C24H20Cl2N4OS. The molecule has 1 heterocycles. The standard InChI is InChI=1S/C24H20Cl2N4OS/c1-16(18-11-12-19(25)20(26)13-18)28-29-23(31)15-32-24-27-21-9-5-6-10-22(21)30(24)14-17-7-3-2-4-8-17/h2-13H,14-15H2,1H3,(H,29,31)/b28-16-. The summed E-state index contributed by atoms with van der Waals surface area (Å²) >= 11 is 13.4. The van der Waals surface area contributed by atoms with Crippen LogP contribution in [0.3, 0.4) is 0 Å². The Hall–Kier alpha value is -2.80. The average molecular weight is 483 g/mol. The number of aromatic nitrogens is 2. The molecule has 3 aromatic carbocycles. The molecular weight excluding hydrogens is 463 g/mol. The van der Waals surface area contributed by atoms with E-state index in [1.54, 1.807) is 25.1 Å². The van der Waals surface area contributed by atoms with Crippen molar-refractivity contribution in [1.29, 1.82) is 0 Å². The first-order valence-corrected chi connectivity index (χ1v) is 11.7. The van der Waals surface area contributed by atoms with Crippen LogP contribution in [-0.2, 0) is 11.3 Å². The number of rotatable bonds is 7. The normalized spacial score (nSPS) is 11.7. The zero-order chi connectivity index (χ0) is 22.5. The highest BCUT2D eigenvalue weighted by molar-refractivity contribution is 7.99. The van der Waals surface area contributed by atoms with Crippen molar-refractivity contribution in [1.82, 2.24) is 15.0 Å². The molecule has 0 fully saturated rings. The minimum Gasteiger partial charge on any atom is -0.314 e. The van der Waals surface area contributed by atoms with Crippen LogP contribution in [0.15, 0.2) is 83.1 Å². The number of nitrogens with zero attached hydrogens (tertiary/aromatic N) is 3. The second kappa shape index (κ2) is 10.2. The first kappa shape index (κ1) is 22.4. The third kappa shape index (κ3) is 5.33. The molecule has 0 aliphatic heterocycles. The van der Waals surface area contributed by atoms with Gasteiger partial charge in [0.15, 0.2) is 5.16 Å². The van der Waals surface area contributed by atoms with Gasteiger partial charge in [0.25, 0.3) is 5.91 Å². The number of carbonyl (C=O) groups excluding carboxylic acids is 1. The summed E-state index contributed by atoms with van der Waals surface area (Å²) in [7, 11) is 0. The van der Waals surface area contributed by atoms with Crippen LogP contribution in [0.2, 0.25) is 10.0 Å². The molecule has 1 N–H and O–H groups in total. The molecule has 0 bridgehead atoms. The van der Waals surface area contributed by atoms with Crippen molar-refractivity contribution >= 4 is 57.6 Å². The summed E-state index contributed by atoms with van der Waals surface area (Å²) in [6.45, 7) is 2.48. The highest BCUT2D eigenvalue weighted by Crippen LogP contribution is 2.25. The van der Waals surface area contributed by atoms with Gasteiger partial charge in [-0.2, -0.15) is 5.10 Å². The van der Waals surface area contributed by atoms with Gasteiger partial charge in [-0.15, -0.1) is 0 Å². The van der Waals surface area contributed by atoms with Gasteiger partial charge in [-0.25, -0.2) is 10.4 Å². The fraction of sp³-hybridized carbons (Fsp3) is 0.125. The summed E-state index contributed by atoms with van der Waals surface area (Å²) in [5.74, 6) is -0.0243. The minimum atomic E-state index is -0.215. The third-order valence-electron chi connectivity index (χ3n) is 4.82. The molecule has 0 unspecified atom stereocenters. The predicted molar refractivity (Wildman–Crippen MR) is 133 cm³/mol. The molecule has 162 valence electrons. The van der Waals surface area contributed by atoms with E-state index in [4.69, 9.17) is 28.2 Å². The zero-order valence-electron chi connectivity index (χ0n) is 17.3. The van der Waals surface area contributed by atoms with Crippen molar-refractivity contribution in [2.75, 3.05) is 5.75 Å². The molecule has 0 aliphatic carbocycles. The van der Waals surface area contributed by atoms with Crippen molar-refractivity contribution in [3.63, 3.8) is 0 Å². The SMILES string of the molecule is C/C(=N/NC(=O)CSc1nc2ccccc2n1Cc1ccccc1)c1ccc(Cl)c(Cl)c1. The van der Waals surface area contributed by atoms with Gasteiger partial charge in [-0.1, -0.05) is 83.5 Å². The number of imidazole rings is 1. The summed E-state index contributed by atoms with van der Waals surface area (Å²) in [6.07, 6.45) is 0. The van der Waals surface area contributed by atoms with Gasteiger partial charge in [0, 0.05) is 0 Å². The van der Waals surface area contributed by atoms with E-state index in [0.29, 0.717) is 22.3 Å². The largest absolute Gasteiger partial charge is 0.314 e. The van der Waals surface area contributed by atoms with Crippen molar-refractivity contribution in [2.24, 2.45) is 5.10 Å². The van der Waals surface area contributed by atoms with E-state index in [0.717, 1.165) is 21.8 Å². The molecule has 5 nitrogen and oxygen atoms in total. The predicted octanol–water partition coefficient (Wildman–Crippen LogP) is 6.02. The fourth-order valence-electron chi connectivity index (χ4n) is 3.18. The Morgan fingerprint density at radius 3 is 2.56 bits per heavy atom. The quantitative estimate of drug-likeness (QED) is 0.199. The van der Waals surface area contributed by atoms with Crippen LogP contribution >= 0.6 is 35.0 Å². The smallest absolute Gasteiger partial charge is 0.250 e. The number of hydrogen-bond donors (Lipinski definition) is 1. The maximum Gasteiger partial charge on any atom is 0.250 e. The molecule has 1 aromatic heterocycles. The number of thioether (sulfide) groups is 1. The summed E-state index contributed by atoms with van der Waals surface area (Å²) in [6, 6.07) is 23.4. The van der Waals surface area contributed by atoms with Gasteiger partial charge in [0.1, 0.15) is 0 Å². The summed E-state index contributed by atoms with van der Waals surface area (Å²) in [5, 5.41) is 5.89. The molecule has 4 aromatic rings. The van der Waals surface area contributed by atoms with Crippen LogP contribution in [-0.4, -0.2) is 26.9 Å². The molecule has 8 heteroatoms. The Morgan fingerprint density at radius 1 is 1.03 bits per heavy atom. The number of amides is 1. The molecule has 1 amide bonds. The van der Waals surface area contributed by atoms with E-state index in [1.165, 1.54) is 17.3 Å². The van der Waals surface area contributed by atoms with Gasteiger partial charge in [-0.05, 0) is 42.3 Å². The van der Waals surface area contributed by atoms with Gasteiger partial charge in [0.2, 0.25) is 0 Å². The van der Waals surface area contributed by atoms with Gasteiger partial charge in [-0.3, -0.25) is 4.79 Å². The topological polar surface area (TPSA) is 59.3 Å². The number of nitrogens with one attached hydrogen (secondary N) is 1. The van der Waals surface area contributed by atoms with Crippen LogP contribution in [0.4, 0.5) is 0 Å². The van der Waals surface area contributed by atoms with Crippen molar-refractivity contribution in [2.45, 2.75) is 18.6 Å². The Morgan fingerprint density at radius 2 is 1.78 bits per heavy atom. The monoisotopic (exact) mass is 482 g/mol. The van der Waals surface area contributed by atoms with Crippen LogP contribution in [0, 0.1) is 0 Å². The summed E-state index contributed by atoms with van der Waals surface area (Å²) < 4.78 is 2.13. The molecule has 0 spiro atoms. The number of fused-ring (bicyclic) bond motifs is 1. The van der Waals surface area contributed by atoms with Crippen molar-refractivity contribution in [3.05, 3.63) is 94.0 Å². The van der Waals surface area contributed by atoms with E-state index in [9.17, 15) is 4.79 Å². The van der Waals surface area contributed by atoms with Crippen molar-refractivity contribution < 1.29 is 4.79 Å². The third-order valence-corrected chi connectivity index (χ3v) is 6.54. The Kier molecular flexibility index (Phi) is 7.15. The number of benzene rings is 3. The van der Waals surface area contributed by atoms with Crippen LogP contribution in [0.5, 0.6) is 0 Å². The molecule has 0 saturated heterocycles. The second-order valence-corrected chi connectivity index (χ2v) is 8.86. The lowest BCUT2D eigenvalue weighted by Crippen LogP contribution is -2.21. The first-order chi connectivity index (χ1) is 15.5. The number of halogens is 2. The highest BCUT2D eigenvalue weighted by Gasteiger charge is 2.13. The van der Waals surface area contributed by atoms with Gasteiger partial charge < -0.3 is 4.57 Å². The molecule has 0 saturated carbocycles. The lowest BCUT2D eigenvalue weighted by atomic mass is 10.1. The van der Waals surface area contributed by atoms with Crippen LogP contribution < -0.4 is 5.43 Å². The number of hydrogen-bond acceptors (Lipinski definition) is 4. The van der Waals surface area contributed by atoms with E-state index in [2.05, 4.69) is 27.2 Å². The van der Waals surface area contributed by atoms with E-state index >= 15 is 0 Å². The lowest BCUT2D eigenvalue weighted by Gasteiger charge is -2.09. The Labute approximate surface area is 200 Å². The first-order valence-electron chi connectivity index (χ1n) is 9.92. The molecule has 0 aliphatic rings. The van der Waals surface area contributed by atoms with Crippen molar-refractivity contribution in [3.8, 4) is 0 Å². The molecule has 0 radical (unpaired) electrons. The maximum absolute atomic E-state index is 12.4. The van der Waals surface area contributed by atoms with Gasteiger partial charge in [0.05, 0.1) is 39.1 Å². The van der Waals surface area contributed by atoms with E-state index in [-0.39, 0.29) is 11.7 Å². The van der Waals surface area contributed by atoms with Crippen LogP contribution in [0.25, 0.3) is 11.0 Å². The molecule has 32 heavy (non-hydrogen) atoms. The van der Waals surface area contributed by atoms with E-state index in [1.807, 2.05) is 42.5 Å². The number of carbonyl (C=O) groups is 1. The zero-order valence-corrected chi connectivity index (χ0v) is 19.6. The number of para-hydroxylation sites is 2. The lowest BCUT2D eigenvalue weighted by molar-refractivity contribution is -0.118. The summed E-state index contributed by atoms with van der Waals surface area (Å²) in [4.78, 5) is 17.2. The minimum absolute atomic E-state index is 0.191. The van der Waals surface area contributed by atoms with Gasteiger partial charge >= 0.3 is 0 Å².